The van der Waals surface area contributed by atoms with Crippen LogP contribution in [0.15, 0.2) is 95.7 Å². The van der Waals surface area contributed by atoms with E-state index in [0.717, 1.165) is 38.4 Å². The van der Waals surface area contributed by atoms with Crippen molar-refractivity contribution in [2.75, 3.05) is 0 Å². The Labute approximate surface area is 167 Å². The number of hydrogen-bond acceptors (Lipinski definition) is 4. The van der Waals surface area contributed by atoms with Gasteiger partial charge in [-0.15, -0.1) is 16.8 Å². The van der Waals surface area contributed by atoms with Crippen LogP contribution in [-0.4, -0.2) is 14.7 Å². The summed E-state index contributed by atoms with van der Waals surface area (Å²) in [6.45, 7) is 4.27. The highest BCUT2D eigenvalue weighted by Crippen LogP contribution is 2.41. The third-order valence-corrected chi connectivity index (χ3v) is 5.04. The zero-order valence-electron chi connectivity index (χ0n) is 15.7. The molecule has 3 aromatic carbocycles. The summed E-state index contributed by atoms with van der Waals surface area (Å²) in [4.78, 5) is 4.72. The topological polar surface area (TPSA) is 62.8 Å². The van der Waals surface area contributed by atoms with Gasteiger partial charge >= 0.3 is 0 Å². The molecule has 5 nitrogen and oxygen atoms in total. The van der Waals surface area contributed by atoms with Crippen molar-refractivity contribution in [2.45, 2.75) is 6.54 Å². The Balaban J connectivity index is 1.76. The van der Waals surface area contributed by atoms with Gasteiger partial charge in [0.05, 0.1) is 16.6 Å². The minimum atomic E-state index is 0.0810. The van der Waals surface area contributed by atoms with Crippen molar-refractivity contribution in [1.82, 2.24) is 9.55 Å². The monoisotopic (exact) mass is 378 g/mol. The van der Waals surface area contributed by atoms with E-state index in [1.54, 1.807) is 10.6 Å². The second-order valence-electron chi connectivity index (χ2n) is 6.78. The summed E-state index contributed by atoms with van der Waals surface area (Å²) in [7, 11) is 0. The molecule has 2 aromatic heterocycles. The molecule has 2 heterocycles. The predicted octanol–water partition coefficient (Wildman–Crippen LogP) is 6.65. The second-order valence-corrected chi connectivity index (χ2v) is 6.78. The molecule has 29 heavy (non-hydrogen) atoms. The van der Waals surface area contributed by atoms with Gasteiger partial charge in [0.25, 0.3) is 0 Å². The van der Waals surface area contributed by atoms with Crippen LogP contribution in [0.1, 0.15) is 0 Å². The fraction of sp³-hybridized carbons (Fsp3) is 0.0417. The molecular formula is C24H18N4O. The second kappa shape index (κ2) is 6.87. The predicted molar refractivity (Wildman–Crippen MR) is 117 cm³/mol. The SMILES string of the molecule is C=CCn1c(O)c(N=Nc2c3ccccc3nc3ccccc23)c2ccccc21. The van der Waals surface area contributed by atoms with Gasteiger partial charge in [-0.1, -0.05) is 60.7 Å². The molecule has 1 N–H and O–H groups in total. The van der Waals surface area contributed by atoms with Gasteiger partial charge in [-0.2, -0.15) is 0 Å². The van der Waals surface area contributed by atoms with Crippen LogP contribution in [-0.2, 0) is 6.54 Å². The van der Waals surface area contributed by atoms with Gasteiger partial charge in [-0.3, -0.25) is 0 Å². The van der Waals surface area contributed by atoms with Crippen LogP contribution in [0, 0.1) is 0 Å². The first-order valence-electron chi connectivity index (χ1n) is 9.38. The quantitative estimate of drug-likeness (QED) is 0.216. The van der Waals surface area contributed by atoms with Gasteiger partial charge in [0, 0.05) is 22.7 Å². The Morgan fingerprint density at radius 2 is 1.34 bits per heavy atom. The summed E-state index contributed by atoms with van der Waals surface area (Å²) in [5.74, 6) is 0.0810. The molecule has 5 aromatic rings. The lowest BCUT2D eigenvalue weighted by Gasteiger charge is -2.06. The molecule has 0 bridgehead atoms. The number of azo groups is 1. The van der Waals surface area contributed by atoms with E-state index in [1.807, 2.05) is 72.8 Å². The van der Waals surface area contributed by atoms with Crippen LogP contribution in [0.25, 0.3) is 32.7 Å². The van der Waals surface area contributed by atoms with Crippen molar-refractivity contribution < 1.29 is 5.11 Å². The Hall–Kier alpha value is -3.99. The third-order valence-electron chi connectivity index (χ3n) is 5.04. The number of nitrogens with zero attached hydrogens (tertiary/aromatic N) is 4. The molecule has 0 fully saturated rings. The number of para-hydroxylation sites is 3. The molecule has 0 radical (unpaired) electrons. The van der Waals surface area contributed by atoms with Crippen molar-refractivity contribution in [2.24, 2.45) is 10.2 Å². The molecule has 0 aliphatic carbocycles. The summed E-state index contributed by atoms with van der Waals surface area (Å²) in [5, 5.41) is 22.6. The van der Waals surface area contributed by atoms with E-state index in [2.05, 4.69) is 16.8 Å². The first-order valence-corrected chi connectivity index (χ1v) is 9.38. The number of aromatic hydroxyl groups is 1. The first kappa shape index (κ1) is 17.1. The zero-order valence-corrected chi connectivity index (χ0v) is 15.7. The van der Waals surface area contributed by atoms with Gasteiger partial charge in [-0.25, -0.2) is 4.98 Å². The maximum Gasteiger partial charge on any atom is 0.221 e. The Morgan fingerprint density at radius 3 is 2.00 bits per heavy atom. The number of hydrogen-bond donors (Lipinski definition) is 1. The van der Waals surface area contributed by atoms with Crippen molar-refractivity contribution in [3.8, 4) is 5.88 Å². The van der Waals surface area contributed by atoms with E-state index in [0.29, 0.717) is 12.2 Å². The van der Waals surface area contributed by atoms with Gasteiger partial charge in [0.2, 0.25) is 5.88 Å². The van der Waals surface area contributed by atoms with E-state index in [9.17, 15) is 5.11 Å². The molecule has 0 spiro atoms. The lowest BCUT2D eigenvalue weighted by Crippen LogP contribution is -1.92. The van der Waals surface area contributed by atoms with Crippen molar-refractivity contribution in [3.05, 3.63) is 85.5 Å². The molecule has 0 amide bonds. The molecule has 0 aliphatic heterocycles. The molecule has 0 atom stereocenters. The Kier molecular flexibility index (Phi) is 4.06. The highest BCUT2D eigenvalue weighted by Gasteiger charge is 2.16. The van der Waals surface area contributed by atoms with Gasteiger partial charge < -0.3 is 9.67 Å². The number of fused-ring (bicyclic) bond motifs is 3. The number of allylic oxidation sites excluding steroid dienone is 1. The van der Waals surface area contributed by atoms with Gasteiger partial charge in [0.1, 0.15) is 5.69 Å². The van der Waals surface area contributed by atoms with Crippen LogP contribution in [0.2, 0.25) is 0 Å². The van der Waals surface area contributed by atoms with Crippen LogP contribution >= 0.6 is 0 Å². The zero-order chi connectivity index (χ0) is 19.8. The van der Waals surface area contributed by atoms with Crippen molar-refractivity contribution in [3.63, 3.8) is 0 Å². The van der Waals surface area contributed by atoms with Crippen LogP contribution < -0.4 is 0 Å². The maximum absolute atomic E-state index is 10.8. The number of pyridine rings is 1. The van der Waals surface area contributed by atoms with E-state index in [-0.39, 0.29) is 5.88 Å². The molecule has 0 saturated carbocycles. The molecule has 5 rings (SSSR count). The van der Waals surface area contributed by atoms with E-state index >= 15 is 0 Å². The largest absolute Gasteiger partial charge is 0.493 e. The summed E-state index contributed by atoms with van der Waals surface area (Å²) in [5.41, 5.74) is 3.80. The smallest absolute Gasteiger partial charge is 0.221 e. The van der Waals surface area contributed by atoms with E-state index < -0.39 is 0 Å². The molecular weight excluding hydrogens is 360 g/mol. The van der Waals surface area contributed by atoms with E-state index in [1.165, 1.54) is 0 Å². The molecule has 5 heteroatoms. The number of benzene rings is 3. The first-order chi connectivity index (χ1) is 14.3. The fourth-order valence-corrected chi connectivity index (χ4v) is 3.71. The van der Waals surface area contributed by atoms with Crippen LogP contribution in [0.3, 0.4) is 0 Å². The highest BCUT2D eigenvalue weighted by atomic mass is 16.3. The average Bonchev–Trinajstić information content (AvgIpc) is 3.03. The fourth-order valence-electron chi connectivity index (χ4n) is 3.71. The normalized spacial score (nSPS) is 11.7. The molecule has 0 saturated heterocycles. The molecule has 0 aliphatic rings. The summed E-state index contributed by atoms with van der Waals surface area (Å²) < 4.78 is 1.78. The minimum Gasteiger partial charge on any atom is -0.493 e. The lowest BCUT2D eigenvalue weighted by atomic mass is 10.1. The highest BCUT2D eigenvalue weighted by molar-refractivity contribution is 6.06. The third kappa shape index (κ3) is 2.75. The lowest BCUT2D eigenvalue weighted by molar-refractivity contribution is 0.431. The van der Waals surface area contributed by atoms with E-state index in [4.69, 9.17) is 4.98 Å². The standard InChI is InChI=1S/C24H18N4O/c1-2-15-28-21-14-8-5-11-18(21)23(24(28)29)27-26-22-16-9-3-6-12-19(16)25-20-13-7-4-10-17(20)22/h2-14,29H,1,15H2. The summed E-state index contributed by atoms with van der Waals surface area (Å²) >= 11 is 0. The number of rotatable bonds is 4. The van der Waals surface area contributed by atoms with Crippen molar-refractivity contribution >= 4 is 44.1 Å². The summed E-state index contributed by atoms with van der Waals surface area (Å²) in [6, 6.07) is 23.5. The molecule has 0 unspecified atom stereocenters. The average molecular weight is 378 g/mol. The van der Waals surface area contributed by atoms with Crippen LogP contribution in [0.4, 0.5) is 11.4 Å². The minimum absolute atomic E-state index is 0.0810. The molecule has 140 valence electrons. The van der Waals surface area contributed by atoms with Crippen LogP contribution in [0.5, 0.6) is 5.88 Å². The summed E-state index contributed by atoms with van der Waals surface area (Å²) in [6.07, 6.45) is 1.75. The Bertz CT molecular complexity index is 1360. The number of aromatic nitrogens is 2. The maximum atomic E-state index is 10.8. The van der Waals surface area contributed by atoms with Crippen molar-refractivity contribution in [1.29, 1.82) is 0 Å². The Morgan fingerprint density at radius 1 is 0.793 bits per heavy atom. The van der Waals surface area contributed by atoms with Gasteiger partial charge in [0.15, 0.2) is 5.69 Å². The van der Waals surface area contributed by atoms with Gasteiger partial charge in [-0.05, 0) is 18.2 Å².